The van der Waals surface area contributed by atoms with Gasteiger partial charge in [-0.2, -0.15) is 5.10 Å². The van der Waals surface area contributed by atoms with Crippen LogP contribution in [0.25, 0.3) is 5.69 Å². The number of halogens is 2. The lowest BCUT2D eigenvalue weighted by Crippen LogP contribution is -2.48. The van der Waals surface area contributed by atoms with Crippen LogP contribution in [0.3, 0.4) is 0 Å². The summed E-state index contributed by atoms with van der Waals surface area (Å²) in [5, 5.41) is 10.9. The number of nitrogens with zero attached hydrogens (tertiary/aromatic N) is 2. The van der Waals surface area contributed by atoms with Gasteiger partial charge in [0.05, 0.1) is 22.6 Å². The molecular formula is C18H24ClFN4O. The van der Waals surface area contributed by atoms with Gasteiger partial charge in [0, 0.05) is 6.04 Å². The molecule has 1 amide bonds. The van der Waals surface area contributed by atoms with Gasteiger partial charge >= 0.3 is 0 Å². The molecule has 1 aliphatic rings. The lowest BCUT2D eigenvalue weighted by Gasteiger charge is -2.30. The van der Waals surface area contributed by atoms with E-state index in [1.807, 2.05) is 13.8 Å². The minimum atomic E-state index is -0.293. The summed E-state index contributed by atoms with van der Waals surface area (Å²) in [6.07, 6.45) is 0.928. The molecule has 2 aromatic rings. The molecule has 1 aliphatic heterocycles. The van der Waals surface area contributed by atoms with Gasteiger partial charge in [0.15, 0.2) is 0 Å². The number of hydrogen-bond donors (Lipinski definition) is 2. The van der Waals surface area contributed by atoms with Crippen LogP contribution in [0.15, 0.2) is 24.3 Å². The van der Waals surface area contributed by atoms with E-state index in [-0.39, 0.29) is 30.2 Å². The normalized spacial score (nSPS) is 20.0. The molecule has 2 unspecified atom stereocenters. The summed E-state index contributed by atoms with van der Waals surface area (Å²) in [5.74, 6) is 0.0192. The fourth-order valence-corrected chi connectivity index (χ4v) is 3.27. The van der Waals surface area contributed by atoms with Gasteiger partial charge in [-0.05, 0) is 63.5 Å². The van der Waals surface area contributed by atoms with Crippen molar-refractivity contribution in [1.82, 2.24) is 20.4 Å². The molecule has 0 spiro atoms. The highest BCUT2D eigenvalue weighted by Crippen LogP contribution is 2.19. The van der Waals surface area contributed by atoms with Gasteiger partial charge in [-0.1, -0.05) is 6.92 Å². The molecule has 5 nitrogen and oxygen atoms in total. The summed E-state index contributed by atoms with van der Waals surface area (Å²) >= 11 is 0. The van der Waals surface area contributed by atoms with Gasteiger partial charge in [-0.25, -0.2) is 9.07 Å². The Hall–Kier alpha value is -1.92. The minimum absolute atomic E-state index is 0. The Morgan fingerprint density at radius 3 is 2.64 bits per heavy atom. The maximum absolute atomic E-state index is 13.1. The second-order valence-electron chi connectivity index (χ2n) is 6.48. The topological polar surface area (TPSA) is 59.0 Å². The molecule has 0 saturated carbocycles. The number of aromatic nitrogens is 2. The van der Waals surface area contributed by atoms with Gasteiger partial charge in [0.25, 0.3) is 5.91 Å². The van der Waals surface area contributed by atoms with Gasteiger partial charge in [-0.3, -0.25) is 4.79 Å². The monoisotopic (exact) mass is 366 g/mol. The maximum Gasteiger partial charge on any atom is 0.255 e. The van der Waals surface area contributed by atoms with E-state index in [0.29, 0.717) is 17.2 Å². The van der Waals surface area contributed by atoms with E-state index in [4.69, 9.17) is 0 Å². The van der Waals surface area contributed by atoms with Crippen molar-refractivity contribution in [3.63, 3.8) is 0 Å². The third-order valence-corrected chi connectivity index (χ3v) is 4.69. The van der Waals surface area contributed by atoms with Crippen LogP contribution in [0.1, 0.15) is 35.1 Å². The van der Waals surface area contributed by atoms with E-state index in [9.17, 15) is 9.18 Å². The van der Waals surface area contributed by atoms with Gasteiger partial charge in [0.1, 0.15) is 5.82 Å². The first kappa shape index (κ1) is 19.4. The van der Waals surface area contributed by atoms with Crippen LogP contribution < -0.4 is 10.6 Å². The van der Waals surface area contributed by atoms with E-state index in [0.717, 1.165) is 30.9 Å². The van der Waals surface area contributed by atoms with Crippen LogP contribution in [0.5, 0.6) is 0 Å². The molecule has 0 radical (unpaired) electrons. The zero-order valence-corrected chi connectivity index (χ0v) is 15.5. The molecule has 25 heavy (non-hydrogen) atoms. The van der Waals surface area contributed by atoms with Crippen molar-refractivity contribution in [1.29, 1.82) is 0 Å². The highest BCUT2D eigenvalue weighted by atomic mass is 35.5. The van der Waals surface area contributed by atoms with Crippen LogP contribution in [0, 0.1) is 25.6 Å². The number of rotatable bonds is 3. The summed E-state index contributed by atoms with van der Waals surface area (Å²) in [6.45, 7) is 7.66. The summed E-state index contributed by atoms with van der Waals surface area (Å²) in [5.41, 5.74) is 2.78. The predicted molar refractivity (Wildman–Crippen MR) is 98.1 cm³/mol. The molecule has 0 bridgehead atoms. The third-order valence-electron chi connectivity index (χ3n) is 4.69. The van der Waals surface area contributed by atoms with Crippen molar-refractivity contribution in [2.24, 2.45) is 5.92 Å². The van der Waals surface area contributed by atoms with E-state index in [1.54, 1.807) is 16.8 Å². The van der Waals surface area contributed by atoms with E-state index >= 15 is 0 Å². The van der Waals surface area contributed by atoms with Crippen LogP contribution in [0.2, 0.25) is 0 Å². The first-order chi connectivity index (χ1) is 11.5. The zero-order chi connectivity index (χ0) is 17.3. The Kier molecular flexibility index (Phi) is 6.19. The van der Waals surface area contributed by atoms with Crippen LogP contribution in [-0.4, -0.2) is 34.8 Å². The number of nitrogens with one attached hydrogen (secondary N) is 2. The standard InChI is InChI=1S/C18H23FN4O.ClH/c1-11-10-20-9-8-16(11)21-18(24)17-12(2)22-23(13(17)3)15-6-4-14(19)5-7-15;/h4-7,11,16,20H,8-10H2,1-3H3,(H,21,24);1H. The molecule has 136 valence electrons. The molecule has 1 aromatic heterocycles. The maximum atomic E-state index is 13.1. The number of amides is 1. The van der Waals surface area contributed by atoms with Crippen LogP contribution in [0.4, 0.5) is 4.39 Å². The average molecular weight is 367 g/mol. The SMILES string of the molecule is Cc1nn(-c2ccc(F)cc2)c(C)c1C(=O)NC1CCNCC1C.Cl. The summed E-state index contributed by atoms with van der Waals surface area (Å²) in [4.78, 5) is 12.8. The van der Waals surface area contributed by atoms with Crippen molar-refractivity contribution in [3.8, 4) is 5.69 Å². The first-order valence-corrected chi connectivity index (χ1v) is 8.31. The number of aryl methyl sites for hydroxylation is 1. The molecule has 1 saturated heterocycles. The zero-order valence-electron chi connectivity index (χ0n) is 14.7. The second kappa shape index (κ2) is 7.97. The largest absolute Gasteiger partial charge is 0.349 e. The van der Waals surface area contributed by atoms with Crippen LogP contribution in [-0.2, 0) is 0 Å². The lowest BCUT2D eigenvalue weighted by molar-refractivity contribution is 0.0913. The molecule has 0 aliphatic carbocycles. The number of carbonyl (C=O) groups is 1. The number of piperidine rings is 1. The summed E-state index contributed by atoms with van der Waals surface area (Å²) in [7, 11) is 0. The average Bonchev–Trinajstić information content (AvgIpc) is 2.85. The van der Waals surface area contributed by atoms with Crippen molar-refractivity contribution < 1.29 is 9.18 Å². The highest BCUT2D eigenvalue weighted by Gasteiger charge is 2.26. The Bertz CT molecular complexity index is 744. The van der Waals surface area contributed by atoms with Crippen molar-refractivity contribution >= 4 is 18.3 Å². The first-order valence-electron chi connectivity index (χ1n) is 8.31. The molecule has 3 rings (SSSR count). The lowest BCUT2D eigenvalue weighted by atomic mass is 9.95. The fraction of sp³-hybridized carbons (Fsp3) is 0.444. The molecule has 1 aromatic carbocycles. The van der Waals surface area contributed by atoms with E-state index in [1.165, 1.54) is 12.1 Å². The predicted octanol–water partition coefficient (Wildman–Crippen LogP) is 2.78. The Balaban J connectivity index is 0.00000225. The van der Waals surface area contributed by atoms with Gasteiger partial charge in [-0.15, -0.1) is 12.4 Å². The number of benzene rings is 1. The smallest absolute Gasteiger partial charge is 0.255 e. The molecular weight excluding hydrogens is 343 g/mol. The van der Waals surface area contributed by atoms with Gasteiger partial charge in [0.2, 0.25) is 0 Å². The number of carbonyl (C=O) groups excluding carboxylic acids is 1. The number of hydrogen-bond acceptors (Lipinski definition) is 3. The van der Waals surface area contributed by atoms with Crippen molar-refractivity contribution in [2.75, 3.05) is 13.1 Å². The molecule has 2 heterocycles. The highest BCUT2D eigenvalue weighted by molar-refractivity contribution is 5.96. The Morgan fingerprint density at radius 1 is 1.32 bits per heavy atom. The fourth-order valence-electron chi connectivity index (χ4n) is 3.27. The van der Waals surface area contributed by atoms with Crippen molar-refractivity contribution in [3.05, 3.63) is 47.0 Å². The second-order valence-corrected chi connectivity index (χ2v) is 6.48. The van der Waals surface area contributed by atoms with Crippen molar-refractivity contribution in [2.45, 2.75) is 33.2 Å². The van der Waals surface area contributed by atoms with Gasteiger partial charge < -0.3 is 10.6 Å². The molecule has 1 fully saturated rings. The quantitative estimate of drug-likeness (QED) is 0.878. The van der Waals surface area contributed by atoms with E-state index < -0.39 is 0 Å². The molecule has 2 atom stereocenters. The third kappa shape index (κ3) is 4.02. The summed E-state index contributed by atoms with van der Waals surface area (Å²) in [6, 6.07) is 6.27. The Labute approximate surface area is 153 Å². The Morgan fingerprint density at radius 2 is 2.00 bits per heavy atom. The minimum Gasteiger partial charge on any atom is -0.349 e. The summed E-state index contributed by atoms with van der Waals surface area (Å²) < 4.78 is 14.8. The molecule has 7 heteroatoms. The van der Waals surface area contributed by atoms with E-state index in [2.05, 4.69) is 22.7 Å². The van der Waals surface area contributed by atoms with Crippen LogP contribution >= 0.6 is 12.4 Å². The molecule has 2 N–H and O–H groups in total.